The largest absolute Gasteiger partial charge is 0.367 e. The van der Waals surface area contributed by atoms with Gasteiger partial charge in [0.15, 0.2) is 0 Å². The van der Waals surface area contributed by atoms with Gasteiger partial charge in [0.05, 0.1) is 25.4 Å². The third kappa shape index (κ3) is 3.88. The van der Waals surface area contributed by atoms with Gasteiger partial charge in [0.25, 0.3) is 0 Å². The summed E-state index contributed by atoms with van der Waals surface area (Å²) in [6.45, 7) is 5.17. The number of pyridine rings is 1. The molecule has 1 aliphatic rings. The van der Waals surface area contributed by atoms with Gasteiger partial charge >= 0.3 is 6.03 Å². The Balaban J connectivity index is 1.62. The van der Waals surface area contributed by atoms with Crippen molar-refractivity contribution in [1.29, 1.82) is 0 Å². The number of carbonyl (C=O) groups is 1. The van der Waals surface area contributed by atoms with E-state index in [-0.39, 0.29) is 18.2 Å². The Morgan fingerprint density at radius 2 is 2.38 bits per heavy atom. The Morgan fingerprint density at radius 1 is 1.54 bits per heavy atom. The number of rotatable bonds is 3. The molecular formula is C16H19FN4O2S. The van der Waals surface area contributed by atoms with Gasteiger partial charge in [0, 0.05) is 23.8 Å². The molecule has 3 rings (SSSR count). The molecule has 1 N–H and O–H groups in total. The van der Waals surface area contributed by atoms with E-state index in [0.717, 1.165) is 16.9 Å². The van der Waals surface area contributed by atoms with Crippen LogP contribution in [0.2, 0.25) is 0 Å². The van der Waals surface area contributed by atoms with E-state index in [2.05, 4.69) is 15.3 Å². The number of halogens is 1. The smallest absolute Gasteiger partial charge is 0.318 e. The van der Waals surface area contributed by atoms with Crippen LogP contribution in [0.15, 0.2) is 23.8 Å². The molecule has 0 radical (unpaired) electrons. The standard InChI is InChI=1S/C16H19FN4O2S/c1-10-9-24-15(19-10)14-8-21(3-4-23-14)16(22)20-11(2)12-5-13(17)7-18-6-12/h5-7,9,11,14H,3-4,8H2,1-2H3,(H,20,22). The average molecular weight is 350 g/mol. The summed E-state index contributed by atoms with van der Waals surface area (Å²) in [5.41, 5.74) is 1.58. The number of urea groups is 1. The highest BCUT2D eigenvalue weighted by molar-refractivity contribution is 7.09. The number of aromatic nitrogens is 2. The van der Waals surface area contributed by atoms with E-state index in [1.807, 2.05) is 12.3 Å². The Labute approximate surface area is 143 Å². The summed E-state index contributed by atoms with van der Waals surface area (Å²) in [5.74, 6) is -0.417. The number of aryl methyl sites for hydroxylation is 1. The van der Waals surface area contributed by atoms with Crippen LogP contribution in [-0.4, -0.2) is 40.6 Å². The van der Waals surface area contributed by atoms with Gasteiger partial charge in [-0.15, -0.1) is 11.3 Å². The lowest BCUT2D eigenvalue weighted by atomic mass is 10.1. The molecule has 1 aliphatic heterocycles. The number of ether oxygens (including phenoxy) is 1. The highest BCUT2D eigenvalue weighted by Gasteiger charge is 2.28. The topological polar surface area (TPSA) is 67.4 Å². The maximum atomic E-state index is 13.3. The van der Waals surface area contributed by atoms with E-state index in [9.17, 15) is 9.18 Å². The number of morpholine rings is 1. The van der Waals surface area contributed by atoms with E-state index in [4.69, 9.17) is 4.74 Å². The van der Waals surface area contributed by atoms with Gasteiger partial charge < -0.3 is 15.0 Å². The molecule has 2 amide bonds. The van der Waals surface area contributed by atoms with Crippen LogP contribution in [0.25, 0.3) is 0 Å². The summed E-state index contributed by atoms with van der Waals surface area (Å²) in [4.78, 5) is 22.4. The van der Waals surface area contributed by atoms with Crippen LogP contribution >= 0.6 is 11.3 Å². The van der Waals surface area contributed by atoms with Crippen molar-refractivity contribution in [3.8, 4) is 0 Å². The van der Waals surface area contributed by atoms with E-state index < -0.39 is 5.82 Å². The number of hydrogen-bond donors (Lipinski definition) is 1. The van der Waals surface area contributed by atoms with Gasteiger partial charge in [-0.25, -0.2) is 14.2 Å². The molecule has 0 aromatic carbocycles. The van der Waals surface area contributed by atoms with Crippen molar-refractivity contribution in [1.82, 2.24) is 20.2 Å². The summed E-state index contributed by atoms with van der Waals surface area (Å²) >= 11 is 1.54. The summed E-state index contributed by atoms with van der Waals surface area (Å²) in [6.07, 6.45) is 2.49. The molecule has 6 nitrogen and oxygen atoms in total. The number of carbonyl (C=O) groups excluding carboxylic acids is 1. The molecule has 1 saturated heterocycles. The monoisotopic (exact) mass is 350 g/mol. The number of amides is 2. The zero-order valence-corrected chi connectivity index (χ0v) is 14.3. The number of hydrogen-bond acceptors (Lipinski definition) is 5. The Kier molecular flexibility index (Phi) is 5.06. The van der Waals surface area contributed by atoms with Crippen molar-refractivity contribution >= 4 is 17.4 Å². The van der Waals surface area contributed by atoms with Crippen molar-refractivity contribution in [3.05, 3.63) is 45.9 Å². The van der Waals surface area contributed by atoms with Crippen LogP contribution in [0.1, 0.15) is 35.3 Å². The van der Waals surface area contributed by atoms with E-state index in [0.29, 0.717) is 25.3 Å². The third-order valence-corrected chi connectivity index (χ3v) is 4.89. The Bertz CT molecular complexity index is 724. The van der Waals surface area contributed by atoms with Crippen molar-refractivity contribution in [2.45, 2.75) is 26.0 Å². The highest BCUT2D eigenvalue weighted by Crippen LogP contribution is 2.25. The number of nitrogens with one attached hydrogen (secondary N) is 1. The molecule has 2 atom stereocenters. The second-order valence-corrected chi connectivity index (χ2v) is 6.63. The predicted octanol–water partition coefficient (Wildman–Crippen LogP) is 2.83. The van der Waals surface area contributed by atoms with Crippen molar-refractivity contribution in [3.63, 3.8) is 0 Å². The molecule has 1 fully saturated rings. The predicted molar refractivity (Wildman–Crippen MR) is 88.3 cm³/mol. The highest BCUT2D eigenvalue weighted by atomic mass is 32.1. The first-order valence-electron chi connectivity index (χ1n) is 7.72. The van der Waals surface area contributed by atoms with Gasteiger partial charge in [0.2, 0.25) is 0 Å². The van der Waals surface area contributed by atoms with Crippen LogP contribution in [0.5, 0.6) is 0 Å². The van der Waals surface area contributed by atoms with Crippen molar-refractivity contribution in [2.24, 2.45) is 0 Å². The maximum absolute atomic E-state index is 13.3. The van der Waals surface area contributed by atoms with Crippen LogP contribution in [0.3, 0.4) is 0 Å². The summed E-state index contributed by atoms with van der Waals surface area (Å²) < 4.78 is 19.0. The van der Waals surface area contributed by atoms with Gasteiger partial charge in [-0.05, 0) is 25.5 Å². The summed E-state index contributed by atoms with van der Waals surface area (Å²) in [6, 6.07) is 0.843. The van der Waals surface area contributed by atoms with Crippen LogP contribution in [-0.2, 0) is 4.74 Å². The molecule has 0 saturated carbocycles. The Hall–Kier alpha value is -2.06. The van der Waals surface area contributed by atoms with Crippen molar-refractivity contribution < 1.29 is 13.9 Å². The molecule has 8 heteroatoms. The molecule has 0 bridgehead atoms. The average Bonchev–Trinajstić information content (AvgIpc) is 3.01. The van der Waals surface area contributed by atoms with Gasteiger partial charge in [-0.2, -0.15) is 0 Å². The first kappa shape index (κ1) is 16.8. The Morgan fingerprint density at radius 3 is 3.08 bits per heavy atom. The lowest BCUT2D eigenvalue weighted by Crippen LogP contribution is -2.47. The van der Waals surface area contributed by atoms with Gasteiger partial charge in [0.1, 0.15) is 16.9 Å². The first-order chi connectivity index (χ1) is 11.5. The molecular weight excluding hydrogens is 331 g/mol. The van der Waals surface area contributed by atoms with Crippen LogP contribution in [0, 0.1) is 12.7 Å². The summed E-state index contributed by atoms with van der Waals surface area (Å²) in [7, 11) is 0. The van der Waals surface area contributed by atoms with Crippen LogP contribution < -0.4 is 5.32 Å². The third-order valence-electron chi connectivity index (χ3n) is 3.83. The van der Waals surface area contributed by atoms with E-state index in [1.54, 1.807) is 18.0 Å². The van der Waals surface area contributed by atoms with Gasteiger partial charge in [-0.3, -0.25) is 4.98 Å². The molecule has 24 heavy (non-hydrogen) atoms. The fourth-order valence-electron chi connectivity index (χ4n) is 2.53. The zero-order valence-electron chi connectivity index (χ0n) is 13.5. The molecule has 0 aliphatic carbocycles. The second kappa shape index (κ2) is 7.23. The molecule has 2 aromatic rings. The second-order valence-electron chi connectivity index (χ2n) is 5.74. The minimum Gasteiger partial charge on any atom is -0.367 e. The zero-order chi connectivity index (χ0) is 17.1. The number of nitrogens with zero attached hydrogens (tertiary/aromatic N) is 3. The van der Waals surface area contributed by atoms with E-state index in [1.165, 1.54) is 17.4 Å². The number of thiazole rings is 1. The van der Waals surface area contributed by atoms with Crippen molar-refractivity contribution in [2.75, 3.05) is 19.7 Å². The molecule has 2 aromatic heterocycles. The minimum absolute atomic E-state index is 0.200. The molecule has 3 heterocycles. The summed E-state index contributed by atoms with van der Waals surface area (Å²) in [5, 5.41) is 5.73. The maximum Gasteiger partial charge on any atom is 0.318 e. The molecule has 2 unspecified atom stereocenters. The van der Waals surface area contributed by atoms with Gasteiger partial charge in [-0.1, -0.05) is 0 Å². The molecule has 128 valence electrons. The molecule has 0 spiro atoms. The normalized spacial score (nSPS) is 19.1. The van der Waals surface area contributed by atoms with Crippen LogP contribution in [0.4, 0.5) is 9.18 Å². The fourth-order valence-corrected chi connectivity index (χ4v) is 3.36. The fraction of sp³-hybridized carbons (Fsp3) is 0.438. The minimum atomic E-state index is -0.417. The lowest BCUT2D eigenvalue weighted by molar-refractivity contribution is -0.0158. The first-order valence-corrected chi connectivity index (χ1v) is 8.60. The SMILES string of the molecule is Cc1csc(C2CN(C(=O)NC(C)c3cncc(F)c3)CCO2)n1. The van der Waals surface area contributed by atoms with E-state index >= 15 is 0 Å². The quantitative estimate of drug-likeness (QED) is 0.924. The lowest BCUT2D eigenvalue weighted by Gasteiger charge is -2.32.